The molecule has 0 spiro atoms. The van der Waals surface area contributed by atoms with Crippen molar-refractivity contribution in [3.63, 3.8) is 0 Å². The van der Waals surface area contributed by atoms with Crippen LogP contribution in [0, 0.1) is 0 Å². The molecule has 0 radical (unpaired) electrons. The Morgan fingerprint density at radius 3 is 1.45 bits per heavy atom. The Labute approximate surface area is 288 Å². The molecule has 2 aromatic heterocycles. The number of fused-ring (bicyclic) bond motifs is 3. The van der Waals surface area contributed by atoms with Crippen LogP contribution < -0.4 is 0 Å². The van der Waals surface area contributed by atoms with Gasteiger partial charge in [0, 0.05) is 36.9 Å². The number of aromatic nitrogens is 3. The van der Waals surface area contributed by atoms with E-state index in [-0.39, 0.29) is 0 Å². The molecule has 0 amide bonds. The van der Waals surface area contributed by atoms with Gasteiger partial charge in [-0.1, -0.05) is 146 Å². The summed E-state index contributed by atoms with van der Waals surface area (Å²) in [5.74, 6) is 1.94. The summed E-state index contributed by atoms with van der Waals surface area (Å²) >= 11 is 1.82. The first kappa shape index (κ1) is 29.0. The van der Waals surface area contributed by atoms with Crippen LogP contribution in [0.2, 0.25) is 0 Å². The molecule has 0 saturated carbocycles. The SMILES string of the molecule is c1ccc(-c2ccc(-c3nc(-c4cccc(-c5ccccc5)c4)nc(-c4ccc5sc6cccc(-c7ccccc7)c6c5c4)n3)cc2)cc1. The summed E-state index contributed by atoms with van der Waals surface area (Å²) in [5.41, 5.74) is 9.88. The first-order valence-electron chi connectivity index (χ1n) is 16.4. The number of benzene rings is 7. The average Bonchev–Trinajstić information content (AvgIpc) is 3.57. The van der Waals surface area contributed by atoms with E-state index >= 15 is 0 Å². The molecule has 2 heterocycles. The third kappa shape index (κ3) is 5.58. The van der Waals surface area contributed by atoms with Crippen LogP contribution in [0.15, 0.2) is 176 Å². The van der Waals surface area contributed by atoms with Crippen molar-refractivity contribution in [2.75, 3.05) is 0 Å². The van der Waals surface area contributed by atoms with E-state index in [1.54, 1.807) is 0 Å². The molecule has 0 N–H and O–H groups in total. The van der Waals surface area contributed by atoms with Crippen molar-refractivity contribution >= 4 is 31.5 Å². The predicted octanol–water partition coefficient (Wildman–Crippen LogP) is 12.2. The molecular formula is C45H29N3S. The van der Waals surface area contributed by atoms with Gasteiger partial charge in [0.25, 0.3) is 0 Å². The molecule has 0 atom stereocenters. The van der Waals surface area contributed by atoms with E-state index in [1.807, 2.05) is 23.5 Å². The highest BCUT2D eigenvalue weighted by Gasteiger charge is 2.16. The maximum absolute atomic E-state index is 5.13. The minimum atomic E-state index is 0.643. The molecule has 0 aliphatic carbocycles. The van der Waals surface area contributed by atoms with E-state index in [2.05, 4.69) is 164 Å². The molecular weight excluding hydrogens is 615 g/mol. The summed E-state index contributed by atoms with van der Waals surface area (Å²) in [6, 6.07) is 61.6. The maximum Gasteiger partial charge on any atom is 0.164 e. The summed E-state index contributed by atoms with van der Waals surface area (Å²) in [6.45, 7) is 0. The topological polar surface area (TPSA) is 38.7 Å². The van der Waals surface area contributed by atoms with Gasteiger partial charge in [-0.3, -0.25) is 0 Å². The van der Waals surface area contributed by atoms with Crippen molar-refractivity contribution in [1.82, 2.24) is 15.0 Å². The predicted molar refractivity (Wildman–Crippen MR) is 205 cm³/mol. The first-order valence-corrected chi connectivity index (χ1v) is 17.2. The highest BCUT2D eigenvalue weighted by Crippen LogP contribution is 2.41. The zero-order valence-electron chi connectivity index (χ0n) is 26.5. The molecule has 0 unspecified atom stereocenters. The summed E-state index contributed by atoms with van der Waals surface area (Å²) in [4.78, 5) is 15.3. The lowest BCUT2D eigenvalue weighted by atomic mass is 9.99. The van der Waals surface area contributed by atoms with E-state index in [1.165, 1.54) is 36.9 Å². The smallest absolute Gasteiger partial charge is 0.164 e. The quantitative estimate of drug-likeness (QED) is 0.181. The van der Waals surface area contributed by atoms with Crippen LogP contribution in [-0.4, -0.2) is 15.0 Å². The van der Waals surface area contributed by atoms with E-state index in [4.69, 9.17) is 15.0 Å². The Bertz CT molecular complexity index is 2580. The largest absolute Gasteiger partial charge is 0.208 e. The monoisotopic (exact) mass is 643 g/mol. The van der Waals surface area contributed by atoms with Crippen LogP contribution in [0.25, 0.3) is 87.7 Å². The zero-order chi connectivity index (χ0) is 32.6. The molecule has 0 fully saturated rings. The second kappa shape index (κ2) is 12.4. The maximum atomic E-state index is 5.13. The van der Waals surface area contributed by atoms with E-state index in [0.29, 0.717) is 17.5 Å². The Kier molecular flexibility index (Phi) is 7.34. The number of hydrogen-bond acceptors (Lipinski definition) is 4. The highest BCUT2D eigenvalue weighted by atomic mass is 32.1. The van der Waals surface area contributed by atoms with Crippen LogP contribution in [-0.2, 0) is 0 Å². The molecule has 49 heavy (non-hydrogen) atoms. The Morgan fingerprint density at radius 2 is 0.776 bits per heavy atom. The molecule has 0 aliphatic rings. The van der Waals surface area contributed by atoms with E-state index in [0.717, 1.165) is 33.4 Å². The summed E-state index contributed by atoms with van der Waals surface area (Å²) in [6.07, 6.45) is 0. The van der Waals surface area contributed by atoms with Crippen LogP contribution in [0.5, 0.6) is 0 Å². The fourth-order valence-corrected chi connectivity index (χ4v) is 7.61. The molecule has 9 aromatic rings. The van der Waals surface area contributed by atoms with Crippen molar-refractivity contribution in [1.29, 1.82) is 0 Å². The van der Waals surface area contributed by atoms with Crippen LogP contribution in [0.4, 0.5) is 0 Å². The summed E-state index contributed by atoms with van der Waals surface area (Å²) < 4.78 is 2.51. The molecule has 0 aliphatic heterocycles. The number of thiophene rings is 1. The van der Waals surface area contributed by atoms with Crippen molar-refractivity contribution in [3.8, 4) is 67.5 Å². The van der Waals surface area contributed by atoms with Crippen molar-refractivity contribution in [3.05, 3.63) is 176 Å². The van der Waals surface area contributed by atoms with Crippen molar-refractivity contribution < 1.29 is 0 Å². The number of rotatable bonds is 6. The molecule has 230 valence electrons. The molecule has 0 saturated heterocycles. The lowest BCUT2D eigenvalue weighted by molar-refractivity contribution is 1.07. The summed E-state index contributed by atoms with van der Waals surface area (Å²) in [7, 11) is 0. The van der Waals surface area contributed by atoms with Gasteiger partial charge < -0.3 is 0 Å². The Balaban J connectivity index is 1.21. The fraction of sp³-hybridized carbons (Fsp3) is 0. The zero-order valence-corrected chi connectivity index (χ0v) is 27.3. The Morgan fingerprint density at radius 1 is 0.306 bits per heavy atom. The van der Waals surface area contributed by atoms with Gasteiger partial charge in [0.1, 0.15) is 0 Å². The van der Waals surface area contributed by atoms with E-state index < -0.39 is 0 Å². The van der Waals surface area contributed by atoms with Gasteiger partial charge in [0.15, 0.2) is 17.5 Å². The van der Waals surface area contributed by atoms with Crippen molar-refractivity contribution in [2.24, 2.45) is 0 Å². The standard InChI is InChI=1S/C45H29N3S/c1-4-12-30(13-5-1)32-22-24-34(25-23-32)43-46-44(36-19-10-18-35(28-36)31-14-6-2-7-15-31)48-45(47-43)37-26-27-40-39(29-37)42-38(20-11-21-41(42)49-40)33-16-8-3-9-17-33/h1-29H. The van der Waals surface area contributed by atoms with Crippen LogP contribution in [0.3, 0.4) is 0 Å². The van der Waals surface area contributed by atoms with E-state index in [9.17, 15) is 0 Å². The van der Waals surface area contributed by atoms with Gasteiger partial charge in [-0.05, 0) is 63.7 Å². The second-order valence-electron chi connectivity index (χ2n) is 12.1. The molecule has 7 aromatic carbocycles. The number of nitrogens with zero attached hydrogens (tertiary/aromatic N) is 3. The van der Waals surface area contributed by atoms with Crippen molar-refractivity contribution in [2.45, 2.75) is 0 Å². The fourth-order valence-electron chi connectivity index (χ4n) is 6.50. The molecule has 0 bridgehead atoms. The Hall–Kier alpha value is -6.23. The second-order valence-corrected chi connectivity index (χ2v) is 13.1. The molecule has 4 heteroatoms. The third-order valence-electron chi connectivity index (χ3n) is 8.95. The van der Waals surface area contributed by atoms with Gasteiger partial charge in [-0.25, -0.2) is 15.0 Å². The normalized spacial score (nSPS) is 11.3. The minimum Gasteiger partial charge on any atom is -0.208 e. The van der Waals surface area contributed by atoms with Crippen LogP contribution >= 0.6 is 11.3 Å². The van der Waals surface area contributed by atoms with Gasteiger partial charge in [0.05, 0.1) is 0 Å². The number of hydrogen-bond donors (Lipinski definition) is 0. The molecule has 9 rings (SSSR count). The lowest BCUT2D eigenvalue weighted by Crippen LogP contribution is -2.00. The van der Waals surface area contributed by atoms with Crippen LogP contribution in [0.1, 0.15) is 0 Å². The average molecular weight is 644 g/mol. The lowest BCUT2D eigenvalue weighted by Gasteiger charge is -2.11. The van der Waals surface area contributed by atoms with Gasteiger partial charge in [0.2, 0.25) is 0 Å². The highest BCUT2D eigenvalue weighted by molar-refractivity contribution is 7.26. The summed E-state index contributed by atoms with van der Waals surface area (Å²) in [5, 5.41) is 2.47. The van der Waals surface area contributed by atoms with Gasteiger partial charge >= 0.3 is 0 Å². The third-order valence-corrected chi connectivity index (χ3v) is 10.1. The van der Waals surface area contributed by atoms with Gasteiger partial charge in [-0.15, -0.1) is 11.3 Å². The van der Waals surface area contributed by atoms with Gasteiger partial charge in [-0.2, -0.15) is 0 Å². The first-order chi connectivity index (χ1) is 24.3. The molecule has 3 nitrogen and oxygen atoms in total. The minimum absolute atomic E-state index is 0.643.